The molecule has 0 unspecified atom stereocenters. The van der Waals surface area contributed by atoms with Crippen molar-refractivity contribution in [3.8, 4) is 0 Å². The SMILES string of the molecule is CCN(CC)C(=O)Cn1cc(CCC(=O)O)nn1. The van der Waals surface area contributed by atoms with Gasteiger partial charge in [-0.15, -0.1) is 5.10 Å². The second kappa shape index (κ2) is 6.73. The smallest absolute Gasteiger partial charge is 0.303 e. The van der Waals surface area contributed by atoms with Gasteiger partial charge >= 0.3 is 5.97 Å². The van der Waals surface area contributed by atoms with Gasteiger partial charge in [-0.1, -0.05) is 5.21 Å². The molecule has 100 valence electrons. The first kappa shape index (κ1) is 14.1. The van der Waals surface area contributed by atoms with Crippen molar-refractivity contribution in [1.29, 1.82) is 0 Å². The molecular formula is C11H18N4O3. The molecule has 1 aromatic rings. The van der Waals surface area contributed by atoms with Gasteiger partial charge in [0.25, 0.3) is 0 Å². The highest BCUT2D eigenvalue weighted by Crippen LogP contribution is 1.99. The van der Waals surface area contributed by atoms with Gasteiger partial charge in [-0.3, -0.25) is 9.59 Å². The lowest BCUT2D eigenvalue weighted by molar-refractivity contribution is -0.137. The van der Waals surface area contributed by atoms with E-state index in [0.29, 0.717) is 25.2 Å². The van der Waals surface area contributed by atoms with Crippen LogP contribution in [-0.4, -0.2) is 50.0 Å². The average Bonchev–Trinajstić information content (AvgIpc) is 2.75. The molecule has 0 fully saturated rings. The monoisotopic (exact) mass is 254 g/mol. The van der Waals surface area contributed by atoms with Crippen molar-refractivity contribution in [3.63, 3.8) is 0 Å². The molecule has 7 nitrogen and oxygen atoms in total. The highest BCUT2D eigenvalue weighted by molar-refractivity contribution is 5.75. The number of rotatable bonds is 7. The predicted molar refractivity (Wildman–Crippen MR) is 63.9 cm³/mol. The number of carboxylic acids is 1. The Kier molecular flexibility index (Phi) is 5.29. The number of nitrogens with zero attached hydrogens (tertiary/aromatic N) is 4. The molecule has 18 heavy (non-hydrogen) atoms. The number of carbonyl (C=O) groups is 2. The topological polar surface area (TPSA) is 88.3 Å². The van der Waals surface area contributed by atoms with E-state index in [-0.39, 0.29) is 18.9 Å². The van der Waals surface area contributed by atoms with Crippen molar-refractivity contribution in [2.45, 2.75) is 33.2 Å². The summed E-state index contributed by atoms with van der Waals surface area (Å²) in [6, 6.07) is 0. The van der Waals surface area contributed by atoms with Crippen LogP contribution in [0.2, 0.25) is 0 Å². The molecule has 1 rings (SSSR count). The van der Waals surface area contributed by atoms with E-state index in [9.17, 15) is 9.59 Å². The summed E-state index contributed by atoms with van der Waals surface area (Å²) in [7, 11) is 0. The number of carbonyl (C=O) groups excluding carboxylic acids is 1. The molecule has 1 heterocycles. The molecule has 0 saturated heterocycles. The Hall–Kier alpha value is -1.92. The fourth-order valence-electron chi connectivity index (χ4n) is 1.58. The number of aliphatic carboxylic acids is 1. The Morgan fingerprint density at radius 1 is 1.39 bits per heavy atom. The highest BCUT2D eigenvalue weighted by atomic mass is 16.4. The molecule has 7 heteroatoms. The molecule has 1 N–H and O–H groups in total. The van der Waals surface area contributed by atoms with Gasteiger partial charge in [0, 0.05) is 25.7 Å². The largest absolute Gasteiger partial charge is 0.481 e. The summed E-state index contributed by atoms with van der Waals surface area (Å²) in [6.07, 6.45) is 1.96. The van der Waals surface area contributed by atoms with E-state index in [1.165, 1.54) is 4.68 Å². The van der Waals surface area contributed by atoms with Gasteiger partial charge in [0.15, 0.2) is 0 Å². The first-order valence-corrected chi connectivity index (χ1v) is 5.95. The predicted octanol–water partition coefficient (Wildman–Crippen LogP) is 0.164. The van der Waals surface area contributed by atoms with E-state index in [2.05, 4.69) is 10.3 Å². The lowest BCUT2D eigenvalue weighted by atomic mass is 10.2. The summed E-state index contributed by atoms with van der Waals surface area (Å²) in [5.41, 5.74) is 0.588. The summed E-state index contributed by atoms with van der Waals surface area (Å²) in [5, 5.41) is 16.2. The number of carboxylic acid groups (broad SMARTS) is 1. The number of aryl methyl sites for hydroxylation is 1. The molecule has 0 aliphatic heterocycles. The van der Waals surface area contributed by atoms with Crippen LogP contribution in [0.25, 0.3) is 0 Å². The van der Waals surface area contributed by atoms with Crippen LogP contribution in [0.5, 0.6) is 0 Å². The van der Waals surface area contributed by atoms with Gasteiger partial charge in [0.2, 0.25) is 5.91 Å². The quantitative estimate of drug-likeness (QED) is 0.749. The second-order valence-corrected chi connectivity index (χ2v) is 3.87. The van der Waals surface area contributed by atoms with Crippen LogP contribution >= 0.6 is 0 Å². The lowest BCUT2D eigenvalue weighted by Gasteiger charge is -2.17. The van der Waals surface area contributed by atoms with Crippen LogP contribution in [0.15, 0.2) is 6.20 Å². The maximum atomic E-state index is 11.8. The van der Waals surface area contributed by atoms with Crippen molar-refractivity contribution < 1.29 is 14.7 Å². The lowest BCUT2D eigenvalue weighted by Crippen LogP contribution is -2.33. The van der Waals surface area contributed by atoms with Gasteiger partial charge in [0.1, 0.15) is 6.54 Å². The van der Waals surface area contributed by atoms with Crippen molar-refractivity contribution in [2.75, 3.05) is 13.1 Å². The Bertz CT molecular complexity index is 412. The summed E-state index contributed by atoms with van der Waals surface area (Å²) >= 11 is 0. The van der Waals surface area contributed by atoms with Crippen molar-refractivity contribution in [3.05, 3.63) is 11.9 Å². The maximum absolute atomic E-state index is 11.8. The van der Waals surface area contributed by atoms with Gasteiger partial charge < -0.3 is 10.0 Å². The minimum atomic E-state index is -0.872. The highest BCUT2D eigenvalue weighted by Gasteiger charge is 2.11. The van der Waals surface area contributed by atoms with E-state index in [1.807, 2.05) is 13.8 Å². The Labute approximate surface area is 105 Å². The van der Waals surface area contributed by atoms with Crippen molar-refractivity contribution in [2.24, 2.45) is 0 Å². The number of hydrogen-bond donors (Lipinski definition) is 1. The first-order valence-electron chi connectivity index (χ1n) is 5.95. The zero-order valence-corrected chi connectivity index (χ0v) is 10.7. The maximum Gasteiger partial charge on any atom is 0.303 e. The number of aromatic nitrogens is 3. The molecule has 0 atom stereocenters. The zero-order valence-electron chi connectivity index (χ0n) is 10.7. The number of likely N-dealkylation sites (N-methyl/N-ethyl adjacent to an activating group) is 1. The van der Waals surface area contributed by atoms with E-state index >= 15 is 0 Å². The van der Waals surface area contributed by atoms with E-state index < -0.39 is 5.97 Å². The fourth-order valence-corrected chi connectivity index (χ4v) is 1.58. The summed E-state index contributed by atoms with van der Waals surface area (Å²) in [5.74, 6) is -0.890. The summed E-state index contributed by atoms with van der Waals surface area (Å²) < 4.78 is 1.44. The molecule has 0 spiro atoms. The van der Waals surface area contributed by atoms with Crippen LogP contribution in [-0.2, 0) is 22.6 Å². The van der Waals surface area contributed by atoms with Gasteiger partial charge in [-0.05, 0) is 13.8 Å². The number of hydrogen-bond acceptors (Lipinski definition) is 4. The third kappa shape index (κ3) is 4.15. The molecule has 0 aromatic carbocycles. The van der Waals surface area contributed by atoms with Crippen LogP contribution in [0.4, 0.5) is 0 Å². The van der Waals surface area contributed by atoms with E-state index in [0.717, 1.165) is 0 Å². The van der Waals surface area contributed by atoms with E-state index in [1.54, 1.807) is 11.1 Å². The molecule has 0 bridgehead atoms. The molecule has 0 aliphatic rings. The Morgan fingerprint density at radius 2 is 2.06 bits per heavy atom. The fraction of sp³-hybridized carbons (Fsp3) is 0.636. The third-order valence-corrected chi connectivity index (χ3v) is 2.59. The van der Waals surface area contributed by atoms with Crippen LogP contribution in [0.3, 0.4) is 0 Å². The Balaban J connectivity index is 2.53. The van der Waals surface area contributed by atoms with Crippen LogP contribution < -0.4 is 0 Å². The van der Waals surface area contributed by atoms with Crippen molar-refractivity contribution in [1.82, 2.24) is 19.9 Å². The van der Waals surface area contributed by atoms with Gasteiger partial charge in [-0.2, -0.15) is 0 Å². The summed E-state index contributed by atoms with van der Waals surface area (Å²) in [6.45, 7) is 5.30. The van der Waals surface area contributed by atoms with Crippen LogP contribution in [0, 0.1) is 0 Å². The van der Waals surface area contributed by atoms with Crippen molar-refractivity contribution >= 4 is 11.9 Å². The van der Waals surface area contributed by atoms with Crippen LogP contribution in [0.1, 0.15) is 26.0 Å². The molecule has 0 radical (unpaired) electrons. The molecular weight excluding hydrogens is 236 g/mol. The molecule has 1 aromatic heterocycles. The summed E-state index contributed by atoms with van der Waals surface area (Å²) in [4.78, 5) is 23.9. The standard InChI is InChI=1S/C11H18N4O3/c1-3-14(4-2)10(16)8-15-7-9(12-13-15)5-6-11(17)18/h7H,3-6,8H2,1-2H3,(H,17,18). The first-order chi connectivity index (χ1) is 8.56. The normalized spacial score (nSPS) is 10.3. The second-order valence-electron chi connectivity index (χ2n) is 3.87. The molecule has 0 aliphatic carbocycles. The van der Waals surface area contributed by atoms with Gasteiger partial charge in [-0.25, -0.2) is 4.68 Å². The average molecular weight is 254 g/mol. The minimum absolute atomic E-state index is 0.0166. The molecule has 0 saturated carbocycles. The van der Waals surface area contributed by atoms with Gasteiger partial charge in [0.05, 0.1) is 12.1 Å². The minimum Gasteiger partial charge on any atom is -0.481 e. The third-order valence-electron chi connectivity index (χ3n) is 2.59. The molecule has 1 amide bonds. The Morgan fingerprint density at radius 3 is 2.61 bits per heavy atom. The zero-order chi connectivity index (χ0) is 13.5. The number of amides is 1. The van der Waals surface area contributed by atoms with E-state index in [4.69, 9.17) is 5.11 Å².